The zero-order chi connectivity index (χ0) is 11.8. The lowest BCUT2D eigenvalue weighted by molar-refractivity contribution is -0.171. The average molecular weight is 224 g/mol. The van der Waals surface area contributed by atoms with Gasteiger partial charge in [-0.05, 0) is 20.3 Å². The lowest BCUT2D eigenvalue weighted by atomic mass is 10.1. The van der Waals surface area contributed by atoms with E-state index in [-0.39, 0.29) is 19.0 Å². The van der Waals surface area contributed by atoms with Crippen LogP contribution in [-0.4, -0.2) is 35.6 Å². The molecule has 0 saturated carbocycles. The third kappa shape index (κ3) is 2.62. The van der Waals surface area contributed by atoms with Crippen molar-refractivity contribution in [1.82, 2.24) is 4.90 Å². The molecule has 0 aliphatic carbocycles. The number of nitrogens with zero attached hydrogens (tertiary/aromatic N) is 1. The second kappa shape index (κ2) is 4.00. The summed E-state index contributed by atoms with van der Waals surface area (Å²) in [5.74, 6) is -1.82. The molecule has 1 saturated heterocycles. The minimum atomic E-state index is -4.22. The molecule has 0 aromatic rings. The molecule has 0 spiro atoms. The minimum Gasteiger partial charge on any atom is -0.338 e. The van der Waals surface area contributed by atoms with Crippen LogP contribution in [0, 0.1) is 5.92 Å². The highest BCUT2D eigenvalue weighted by Crippen LogP contribution is 2.36. The van der Waals surface area contributed by atoms with E-state index in [1.54, 1.807) is 6.92 Å². The predicted octanol–water partition coefficient (Wildman–Crippen LogP) is 1.13. The third-order valence-corrected chi connectivity index (χ3v) is 2.71. The van der Waals surface area contributed by atoms with Crippen LogP contribution in [-0.2, 0) is 4.79 Å². The van der Waals surface area contributed by atoms with Crippen LogP contribution < -0.4 is 5.73 Å². The Morgan fingerprint density at radius 1 is 1.53 bits per heavy atom. The smallest absolute Gasteiger partial charge is 0.338 e. The second-order valence-electron chi connectivity index (χ2n) is 4.10. The summed E-state index contributed by atoms with van der Waals surface area (Å²) in [6, 6.07) is -1.12. The first kappa shape index (κ1) is 12.3. The zero-order valence-corrected chi connectivity index (χ0v) is 8.71. The van der Waals surface area contributed by atoms with Crippen molar-refractivity contribution in [1.29, 1.82) is 0 Å². The van der Waals surface area contributed by atoms with Crippen LogP contribution in [0.3, 0.4) is 0 Å². The van der Waals surface area contributed by atoms with Gasteiger partial charge in [0.25, 0.3) is 0 Å². The monoisotopic (exact) mass is 224 g/mol. The molecule has 3 atom stereocenters. The van der Waals surface area contributed by atoms with E-state index in [0.717, 1.165) is 0 Å². The quantitative estimate of drug-likeness (QED) is 0.725. The Kier molecular flexibility index (Phi) is 3.28. The first-order valence-corrected chi connectivity index (χ1v) is 4.86. The molecular weight excluding hydrogens is 209 g/mol. The molecule has 1 amide bonds. The van der Waals surface area contributed by atoms with Gasteiger partial charge in [0, 0.05) is 12.6 Å². The van der Waals surface area contributed by atoms with Gasteiger partial charge in [-0.2, -0.15) is 13.2 Å². The maximum absolute atomic E-state index is 12.4. The average Bonchev–Trinajstić information content (AvgIpc) is 2.45. The number of halogens is 3. The number of carbonyl (C=O) groups excluding carboxylic acids is 1. The van der Waals surface area contributed by atoms with Crippen LogP contribution >= 0.6 is 0 Å². The van der Waals surface area contributed by atoms with E-state index in [4.69, 9.17) is 5.73 Å². The summed E-state index contributed by atoms with van der Waals surface area (Å²) in [6.07, 6.45) is -4.25. The van der Waals surface area contributed by atoms with Crippen molar-refractivity contribution in [2.45, 2.75) is 38.5 Å². The highest BCUT2D eigenvalue weighted by molar-refractivity contribution is 5.81. The minimum absolute atomic E-state index is 0.0258. The summed E-state index contributed by atoms with van der Waals surface area (Å²) in [4.78, 5) is 12.7. The summed E-state index contributed by atoms with van der Waals surface area (Å²) in [7, 11) is 0. The molecule has 1 heterocycles. The number of hydrogen-bond donors (Lipinski definition) is 1. The van der Waals surface area contributed by atoms with Gasteiger partial charge in [0.05, 0.1) is 12.0 Å². The Morgan fingerprint density at radius 2 is 2.07 bits per heavy atom. The molecule has 6 heteroatoms. The van der Waals surface area contributed by atoms with Crippen LogP contribution in [0.1, 0.15) is 20.3 Å². The number of alkyl halides is 3. The number of amides is 1. The van der Waals surface area contributed by atoms with Gasteiger partial charge in [-0.15, -0.1) is 0 Å². The Labute approximate surface area is 86.4 Å². The molecule has 15 heavy (non-hydrogen) atoms. The Hall–Kier alpha value is -0.780. The number of rotatable bonds is 1. The summed E-state index contributed by atoms with van der Waals surface area (Å²) >= 11 is 0. The second-order valence-corrected chi connectivity index (χ2v) is 4.10. The SMILES string of the molecule is C[C@@H](N)C(=O)N1C[C@H](C(F)(F)F)C[C@@H]1C. The van der Waals surface area contributed by atoms with Gasteiger partial charge >= 0.3 is 6.18 Å². The maximum Gasteiger partial charge on any atom is 0.393 e. The summed E-state index contributed by atoms with van der Waals surface area (Å²) in [6.45, 7) is 2.84. The van der Waals surface area contributed by atoms with Crippen molar-refractivity contribution in [2.75, 3.05) is 6.54 Å². The van der Waals surface area contributed by atoms with Crippen molar-refractivity contribution in [3.63, 3.8) is 0 Å². The Morgan fingerprint density at radius 3 is 2.40 bits per heavy atom. The van der Waals surface area contributed by atoms with Crippen molar-refractivity contribution in [3.05, 3.63) is 0 Å². The molecule has 3 nitrogen and oxygen atoms in total. The van der Waals surface area contributed by atoms with Crippen molar-refractivity contribution in [2.24, 2.45) is 11.7 Å². The molecule has 1 fully saturated rings. The normalized spacial score (nSPS) is 29.3. The third-order valence-electron chi connectivity index (χ3n) is 2.71. The van der Waals surface area contributed by atoms with Gasteiger partial charge in [0.2, 0.25) is 5.91 Å². The van der Waals surface area contributed by atoms with E-state index in [9.17, 15) is 18.0 Å². The molecule has 1 aliphatic heterocycles. The highest BCUT2D eigenvalue weighted by Gasteiger charge is 2.47. The molecule has 0 radical (unpaired) electrons. The lowest BCUT2D eigenvalue weighted by Gasteiger charge is -2.23. The van der Waals surface area contributed by atoms with Crippen molar-refractivity contribution < 1.29 is 18.0 Å². The van der Waals surface area contributed by atoms with Crippen LogP contribution in [0.25, 0.3) is 0 Å². The number of hydrogen-bond acceptors (Lipinski definition) is 2. The van der Waals surface area contributed by atoms with Crippen molar-refractivity contribution >= 4 is 5.91 Å². The van der Waals surface area contributed by atoms with Gasteiger partial charge < -0.3 is 10.6 Å². The molecule has 1 aliphatic rings. The number of carbonyl (C=O) groups is 1. The molecule has 2 N–H and O–H groups in total. The molecule has 0 unspecified atom stereocenters. The van der Waals surface area contributed by atoms with Gasteiger partial charge in [0.15, 0.2) is 0 Å². The van der Waals surface area contributed by atoms with E-state index >= 15 is 0 Å². The molecule has 0 aromatic heterocycles. The lowest BCUT2D eigenvalue weighted by Crippen LogP contribution is -2.44. The van der Waals surface area contributed by atoms with Gasteiger partial charge in [-0.25, -0.2) is 0 Å². The van der Waals surface area contributed by atoms with Gasteiger partial charge in [-0.1, -0.05) is 0 Å². The molecule has 1 rings (SSSR count). The molecular formula is C9H15F3N2O. The molecule has 0 aromatic carbocycles. The summed E-state index contributed by atoms with van der Waals surface area (Å²) in [5.41, 5.74) is 5.36. The first-order valence-electron chi connectivity index (χ1n) is 4.86. The van der Waals surface area contributed by atoms with Crippen LogP contribution in [0.15, 0.2) is 0 Å². The van der Waals surface area contributed by atoms with E-state index < -0.39 is 24.0 Å². The molecule has 88 valence electrons. The topological polar surface area (TPSA) is 46.3 Å². The van der Waals surface area contributed by atoms with Gasteiger partial charge in [0.1, 0.15) is 0 Å². The fourth-order valence-electron chi connectivity index (χ4n) is 1.84. The first-order chi connectivity index (χ1) is 6.73. The van der Waals surface area contributed by atoms with E-state index in [1.165, 1.54) is 11.8 Å². The standard InChI is InChI=1S/C9H15F3N2O/c1-5-3-7(9(10,11)12)4-14(5)8(15)6(2)13/h5-7H,3-4,13H2,1-2H3/t5-,6+,7+/m0/s1. The number of nitrogens with two attached hydrogens (primary N) is 1. The van der Waals surface area contributed by atoms with E-state index in [0.29, 0.717) is 0 Å². The van der Waals surface area contributed by atoms with E-state index in [1.807, 2.05) is 0 Å². The zero-order valence-electron chi connectivity index (χ0n) is 8.71. The summed E-state index contributed by atoms with van der Waals surface area (Å²) < 4.78 is 37.2. The predicted molar refractivity (Wildman–Crippen MR) is 49.0 cm³/mol. The largest absolute Gasteiger partial charge is 0.393 e. The number of likely N-dealkylation sites (tertiary alicyclic amines) is 1. The maximum atomic E-state index is 12.4. The van der Waals surface area contributed by atoms with Gasteiger partial charge in [-0.3, -0.25) is 4.79 Å². The van der Waals surface area contributed by atoms with Crippen LogP contribution in [0.2, 0.25) is 0 Å². The van der Waals surface area contributed by atoms with Crippen molar-refractivity contribution in [3.8, 4) is 0 Å². The van der Waals surface area contributed by atoms with Crippen LogP contribution in [0.5, 0.6) is 0 Å². The fraction of sp³-hybridized carbons (Fsp3) is 0.889. The fourth-order valence-corrected chi connectivity index (χ4v) is 1.84. The highest BCUT2D eigenvalue weighted by atomic mass is 19.4. The van der Waals surface area contributed by atoms with E-state index in [2.05, 4.69) is 0 Å². The Balaban J connectivity index is 2.69. The Bertz CT molecular complexity index is 252. The van der Waals surface area contributed by atoms with Crippen LogP contribution in [0.4, 0.5) is 13.2 Å². The molecule has 0 bridgehead atoms. The summed E-state index contributed by atoms with van der Waals surface area (Å²) in [5, 5.41) is 0.